The van der Waals surface area contributed by atoms with Crippen molar-refractivity contribution in [2.45, 2.75) is 24.9 Å². The van der Waals surface area contributed by atoms with Crippen molar-refractivity contribution in [1.29, 1.82) is 0 Å². The van der Waals surface area contributed by atoms with Crippen molar-refractivity contribution < 1.29 is 14.9 Å². The summed E-state index contributed by atoms with van der Waals surface area (Å²) in [7, 11) is 0. The summed E-state index contributed by atoms with van der Waals surface area (Å²) in [4.78, 5) is 22.9. The number of aliphatic hydroxyl groups excluding tert-OH is 2. The monoisotopic (exact) mass is 306 g/mol. The minimum atomic E-state index is -0.826. The molecule has 0 bridgehead atoms. The van der Waals surface area contributed by atoms with Crippen LogP contribution < -0.4 is 11.2 Å². The third-order valence-electron chi connectivity index (χ3n) is 2.65. The summed E-state index contributed by atoms with van der Waals surface area (Å²) in [5.41, 5.74) is -1.07. The number of ether oxygens (including phenoxy) is 1. The molecule has 2 heterocycles. The number of rotatable bonds is 2. The normalized spacial score (nSPS) is 28.5. The average molecular weight is 307 g/mol. The molecule has 0 unspecified atom stereocenters. The Kier molecular flexibility index (Phi) is 3.48. The molecule has 7 nitrogen and oxygen atoms in total. The van der Waals surface area contributed by atoms with Gasteiger partial charge in [-0.05, 0) is 0 Å². The number of hydrogen-bond acceptors (Lipinski definition) is 5. The van der Waals surface area contributed by atoms with E-state index in [2.05, 4.69) is 16.1 Å². The van der Waals surface area contributed by atoms with Crippen molar-refractivity contribution in [3.63, 3.8) is 0 Å². The van der Waals surface area contributed by atoms with E-state index in [0.29, 0.717) is 0 Å². The number of aromatic nitrogens is 2. The van der Waals surface area contributed by atoms with Crippen molar-refractivity contribution >= 4 is 16.1 Å². The van der Waals surface area contributed by atoms with E-state index in [9.17, 15) is 14.7 Å². The third-order valence-corrected chi connectivity index (χ3v) is 3.31. The minimum absolute atomic E-state index is 0.191. The molecule has 0 aromatic carbocycles. The Balaban J connectivity index is 2.34. The van der Waals surface area contributed by atoms with E-state index in [0.717, 1.165) is 3.59 Å². The van der Waals surface area contributed by atoms with Gasteiger partial charge in [0.2, 0.25) is 0 Å². The maximum atomic E-state index is 11.7. The summed E-state index contributed by atoms with van der Waals surface area (Å²) in [5, 5.41) is 18.5. The number of nitrogens with zero attached hydrogens (tertiary/aromatic N) is 2. The maximum Gasteiger partial charge on any atom is 0.343 e. The van der Waals surface area contributed by atoms with Gasteiger partial charge in [0.15, 0.2) is 0 Å². The zero-order valence-electron chi connectivity index (χ0n) is 8.69. The number of aliphatic hydroxyl groups is 2. The predicted molar refractivity (Wildman–Crippen MR) is 60.9 cm³/mol. The first kappa shape index (κ1) is 12.5. The molecule has 2 rings (SSSR count). The second-order valence-corrected chi connectivity index (χ2v) is 4.45. The fourth-order valence-corrected chi connectivity index (χ4v) is 2.04. The quantitative estimate of drug-likeness (QED) is 0.716. The summed E-state index contributed by atoms with van der Waals surface area (Å²) in [5.74, 6) is 0. The molecule has 3 atom stereocenters. The largest absolute Gasteiger partial charge is 0.394 e. The fraction of sp³-hybridized carbons (Fsp3) is 0.556. The second-order valence-electron chi connectivity index (χ2n) is 3.74. The Morgan fingerprint density at radius 1 is 1.53 bits per heavy atom. The van der Waals surface area contributed by atoms with E-state index in [1.54, 1.807) is 0 Å². The first-order valence-corrected chi connectivity index (χ1v) is 5.70. The molecule has 1 saturated heterocycles. The Hall–Kier alpha value is -0.960. The zero-order valence-corrected chi connectivity index (χ0v) is 10.3. The van der Waals surface area contributed by atoms with Gasteiger partial charge >= 0.3 is 5.69 Å². The van der Waals surface area contributed by atoms with Crippen LogP contribution in [0.5, 0.6) is 0 Å². The molecule has 0 radical (unpaired) electrons. The van der Waals surface area contributed by atoms with Crippen molar-refractivity contribution in [2.75, 3.05) is 6.61 Å². The highest BCUT2D eigenvalue weighted by molar-refractivity contribution is 9.08. The van der Waals surface area contributed by atoms with Gasteiger partial charge < -0.3 is 14.9 Å². The molecule has 1 aliphatic rings. The van der Waals surface area contributed by atoms with Crippen LogP contribution in [-0.2, 0) is 4.74 Å². The summed E-state index contributed by atoms with van der Waals surface area (Å²) in [6.45, 7) is -0.319. The van der Waals surface area contributed by atoms with Crippen LogP contribution in [0.2, 0.25) is 0 Å². The Morgan fingerprint density at radius 2 is 2.24 bits per heavy atom. The lowest BCUT2D eigenvalue weighted by atomic mass is 10.2. The molecule has 1 fully saturated rings. The van der Waals surface area contributed by atoms with Crippen LogP contribution in [-0.4, -0.2) is 37.2 Å². The summed E-state index contributed by atoms with van der Waals surface area (Å²) in [6, 6.07) is 1.21. The topological polar surface area (TPSA) is 93.7 Å². The number of hydrogen-bond donors (Lipinski definition) is 2. The van der Waals surface area contributed by atoms with E-state index < -0.39 is 29.7 Å². The molecule has 8 heteroatoms. The first-order valence-electron chi connectivity index (χ1n) is 4.99. The van der Waals surface area contributed by atoms with Crippen LogP contribution in [0.1, 0.15) is 12.6 Å². The van der Waals surface area contributed by atoms with Crippen molar-refractivity contribution in [3.8, 4) is 0 Å². The Bertz CT molecular complexity index is 525. The Morgan fingerprint density at radius 3 is 2.82 bits per heavy atom. The molecule has 2 N–H and O–H groups in total. The molecule has 94 valence electrons. The van der Waals surface area contributed by atoms with Gasteiger partial charge in [-0.1, -0.05) is 0 Å². The molecule has 0 spiro atoms. The average Bonchev–Trinajstić information content (AvgIpc) is 2.67. The van der Waals surface area contributed by atoms with Crippen LogP contribution in [0.4, 0.5) is 0 Å². The maximum absolute atomic E-state index is 11.7. The highest BCUT2D eigenvalue weighted by Gasteiger charge is 2.35. The highest BCUT2D eigenvalue weighted by atomic mass is 79.9. The molecule has 0 saturated carbocycles. The Labute approximate surface area is 104 Å². The van der Waals surface area contributed by atoms with E-state index in [-0.39, 0.29) is 13.0 Å². The molecule has 0 aliphatic carbocycles. The molecule has 17 heavy (non-hydrogen) atoms. The van der Waals surface area contributed by atoms with E-state index >= 15 is 0 Å². The van der Waals surface area contributed by atoms with Crippen LogP contribution >= 0.6 is 16.1 Å². The van der Waals surface area contributed by atoms with Gasteiger partial charge in [0.1, 0.15) is 12.3 Å². The molecule has 1 aromatic rings. The minimum Gasteiger partial charge on any atom is -0.394 e. The van der Waals surface area contributed by atoms with Gasteiger partial charge in [0, 0.05) is 18.7 Å². The SMILES string of the molecule is O=c1ccn([C@H]2C[C@H](O)[C@@H](CO)O2)c(=O)n1Br. The van der Waals surface area contributed by atoms with Crippen LogP contribution in [0, 0.1) is 0 Å². The fourth-order valence-electron chi connectivity index (χ4n) is 1.74. The molecular weight excluding hydrogens is 296 g/mol. The van der Waals surface area contributed by atoms with E-state index in [1.165, 1.54) is 16.8 Å². The van der Waals surface area contributed by atoms with Crippen molar-refractivity contribution in [3.05, 3.63) is 33.1 Å². The summed E-state index contributed by atoms with van der Waals surface area (Å²) < 4.78 is 7.27. The lowest BCUT2D eigenvalue weighted by Crippen LogP contribution is -2.36. The van der Waals surface area contributed by atoms with E-state index in [1.807, 2.05) is 0 Å². The van der Waals surface area contributed by atoms with Crippen molar-refractivity contribution in [1.82, 2.24) is 8.16 Å². The summed E-state index contributed by atoms with van der Waals surface area (Å²) in [6.07, 6.45) is -0.718. The molecule has 1 aromatic heterocycles. The zero-order chi connectivity index (χ0) is 12.6. The predicted octanol–water partition coefficient (Wildman–Crippen LogP) is -1.19. The van der Waals surface area contributed by atoms with Crippen LogP contribution in [0.3, 0.4) is 0 Å². The van der Waals surface area contributed by atoms with Gasteiger partial charge in [0.05, 0.1) is 28.9 Å². The highest BCUT2D eigenvalue weighted by Crippen LogP contribution is 2.26. The lowest BCUT2D eigenvalue weighted by molar-refractivity contribution is -0.0460. The molecular formula is C9H11BrN2O5. The lowest BCUT2D eigenvalue weighted by Gasteiger charge is -2.14. The van der Waals surface area contributed by atoms with Gasteiger partial charge in [-0.2, -0.15) is 3.59 Å². The van der Waals surface area contributed by atoms with Gasteiger partial charge in [-0.25, -0.2) is 4.79 Å². The van der Waals surface area contributed by atoms with Gasteiger partial charge in [-0.3, -0.25) is 9.36 Å². The molecule has 1 aliphatic heterocycles. The van der Waals surface area contributed by atoms with E-state index in [4.69, 9.17) is 9.84 Å². The van der Waals surface area contributed by atoms with Crippen LogP contribution in [0.25, 0.3) is 0 Å². The van der Waals surface area contributed by atoms with Crippen molar-refractivity contribution in [2.24, 2.45) is 0 Å². The van der Waals surface area contributed by atoms with Crippen LogP contribution in [0.15, 0.2) is 21.9 Å². The standard InChI is InChI=1S/C9H11BrN2O5/c10-12-7(15)1-2-11(9(12)16)8-3-5(14)6(4-13)17-8/h1-2,5-6,8,13-14H,3-4H2/t5-,6+,8+/m0/s1. The third kappa shape index (κ3) is 2.21. The first-order chi connectivity index (χ1) is 8.04. The smallest absolute Gasteiger partial charge is 0.343 e. The second kappa shape index (κ2) is 4.73. The van der Waals surface area contributed by atoms with Gasteiger partial charge in [-0.15, -0.1) is 0 Å². The molecule has 0 amide bonds. The number of halogens is 1. The summed E-state index contributed by atoms with van der Waals surface area (Å²) >= 11 is 2.83. The van der Waals surface area contributed by atoms with Gasteiger partial charge in [0.25, 0.3) is 5.56 Å².